The number of halogens is 1. The summed E-state index contributed by atoms with van der Waals surface area (Å²) in [6.45, 7) is 5.22. The van der Waals surface area contributed by atoms with Crippen LogP contribution in [0, 0.1) is 11.2 Å². The Kier molecular flexibility index (Phi) is 3.98. The summed E-state index contributed by atoms with van der Waals surface area (Å²) in [5.41, 5.74) is 7.17. The van der Waals surface area contributed by atoms with Gasteiger partial charge < -0.3 is 4.74 Å². The second-order valence-electron chi connectivity index (χ2n) is 8.21. The molecular weight excluding hydrogens is 351 g/mol. The number of nitrogens with zero attached hydrogens (tertiary/aromatic N) is 2. The number of benzene rings is 2. The monoisotopic (exact) mass is 374 g/mol. The van der Waals surface area contributed by atoms with Crippen molar-refractivity contribution in [1.82, 2.24) is 9.78 Å². The largest absolute Gasteiger partial charge is 0.369 e. The van der Waals surface area contributed by atoms with E-state index in [0.717, 1.165) is 24.2 Å². The second kappa shape index (κ2) is 6.42. The summed E-state index contributed by atoms with van der Waals surface area (Å²) in [5.74, 6) is -0.235. The zero-order chi connectivity index (χ0) is 19.3. The molecule has 1 aliphatic carbocycles. The van der Waals surface area contributed by atoms with E-state index < -0.39 is 0 Å². The highest BCUT2D eigenvalue weighted by Crippen LogP contribution is 2.47. The number of hydrogen-bond acceptors (Lipinski definition) is 2. The second-order valence-corrected chi connectivity index (χ2v) is 8.21. The van der Waals surface area contributed by atoms with Crippen molar-refractivity contribution in [2.45, 2.75) is 39.4 Å². The number of hydrogen-bond donors (Lipinski definition) is 0. The van der Waals surface area contributed by atoms with Crippen LogP contribution >= 0.6 is 0 Å². The lowest BCUT2D eigenvalue weighted by atomic mass is 9.70. The Labute approximate surface area is 164 Å². The third-order valence-corrected chi connectivity index (χ3v) is 6.32. The highest BCUT2D eigenvalue weighted by molar-refractivity contribution is 5.60. The van der Waals surface area contributed by atoms with Crippen LogP contribution in [0.15, 0.2) is 60.3 Å². The fourth-order valence-corrected chi connectivity index (χ4v) is 4.48. The predicted octanol–water partition coefficient (Wildman–Crippen LogP) is 5.64. The van der Waals surface area contributed by atoms with Crippen LogP contribution in [0.2, 0.25) is 0 Å². The first kappa shape index (κ1) is 17.4. The first-order valence-corrected chi connectivity index (χ1v) is 9.74. The quantitative estimate of drug-likeness (QED) is 0.593. The van der Waals surface area contributed by atoms with Gasteiger partial charge in [-0.15, -0.1) is 0 Å². The van der Waals surface area contributed by atoms with E-state index in [1.165, 1.54) is 34.4 Å². The van der Waals surface area contributed by atoms with Crippen molar-refractivity contribution in [3.63, 3.8) is 0 Å². The summed E-state index contributed by atoms with van der Waals surface area (Å²) in [6, 6.07) is 15.0. The molecule has 0 radical (unpaired) electrons. The van der Waals surface area contributed by atoms with Crippen LogP contribution < -0.4 is 0 Å². The molecule has 2 heterocycles. The van der Waals surface area contributed by atoms with Gasteiger partial charge in [-0.3, -0.25) is 0 Å². The molecule has 0 N–H and O–H groups in total. The molecule has 28 heavy (non-hydrogen) atoms. The zero-order valence-corrected chi connectivity index (χ0v) is 16.2. The molecule has 4 heteroatoms. The summed E-state index contributed by atoms with van der Waals surface area (Å²) in [7, 11) is 0. The van der Waals surface area contributed by atoms with Gasteiger partial charge in [0.05, 0.1) is 30.3 Å². The maximum atomic E-state index is 13.3. The molecule has 1 aromatic heterocycles. The molecule has 0 fully saturated rings. The van der Waals surface area contributed by atoms with E-state index in [9.17, 15) is 4.39 Å². The molecule has 142 valence electrons. The first-order valence-electron chi connectivity index (χ1n) is 9.74. The van der Waals surface area contributed by atoms with Crippen LogP contribution in [-0.2, 0) is 17.8 Å². The summed E-state index contributed by atoms with van der Waals surface area (Å²) in [5, 5.41) is 4.58. The van der Waals surface area contributed by atoms with Gasteiger partial charge >= 0.3 is 0 Å². The zero-order valence-electron chi connectivity index (χ0n) is 16.2. The minimum absolute atomic E-state index is 0.0196. The van der Waals surface area contributed by atoms with Crippen LogP contribution in [-0.4, -0.2) is 9.78 Å². The van der Waals surface area contributed by atoms with Gasteiger partial charge in [0.15, 0.2) is 0 Å². The van der Waals surface area contributed by atoms with Gasteiger partial charge in [-0.25, -0.2) is 9.07 Å². The molecule has 1 aliphatic heterocycles. The lowest BCUT2D eigenvalue weighted by molar-refractivity contribution is 0.0367. The van der Waals surface area contributed by atoms with Crippen molar-refractivity contribution in [1.29, 1.82) is 0 Å². The molecule has 0 bridgehead atoms. The minimum Gasteiger partial charge on any atom is -0.369 e. The number of rotatable bonds is 3. The van der Waals surface area contributed by atoms with Gasteiger partial charge in [0, 0.05) is 0 Å². The molecule has 3 aromatic rings. The van der Waals surface area contributed by atoms with Gasteiger partial charge in [-0.1, -0.05) is 36.8 Å². The Bertz CT molecular complexity index is 1070. The molecule has 0 saturated carbocycles. The maximum Gasteiger partial charge on any atom is 0.123 e. The molecular formula is C24H23FN2O. The SMILES string of the molecule is CC1=Cc2c(cnn2-c2ccc(F)cc2)C[C@]1(C)CC1OCc2ccccc21. The Morgan fingerprint density at radius 2 is 1.93 bits per heavy atom. The van der Waals surface area contributed by atoms with E-state index in [1.54, 1.807) is 12.1 Å². The number of aromatic nitrogens is 2. The van der Waals surface area contributed by atoms with Crippen LogP contribution in [0.5, 0.6) is 0 Å². The molecule has 0 spiro atoms. The van der Waals surface area contributed by atoms with Crippen LogP contribution in [0.1, 0.15) is 48.8 Å². The van der Waals surface area contributed by atoms with E-state index in [0.29, 0.717) is 6.61 Å². The Hall–Kier alpha value is -2.72. The summed E-state index contributed by atoms with van der Waals surface area (Å²) in [4.78, 5) is 0. The third kappa shape index (κ3) is 2.80. The smallest absolute Gasteiger partial charge is 0.123 e. The Morgan fingerprint density at radius 3 is 2.75 bits per heavy atom. The van der Waals surface area contributed by atoms with Crippen molar-refractivity contribution >= 4 is 6.08 Å². The molecule has 1 unspecified atom stereocenters. The van der Waals surface area contributed by atoms with Crippen LogP contribution in [0.4, 0.5) is 4.39 Å². The van der Waals surface area contributed by atoms with Gasteiger partial charge in [0.1, 0.15) is 5.82 Å². The normalized spacial score (nSPS) is 23.2. The number of fused-ring (bicyclic) bond motifs is 2. The minimum atomic E-state index is -0.235. The molecule has 5 rings (SSSR count). The van der Waals surface area contributed by atoms with Crippen LogP contribution in [0.25, 0.3) is 11.8 Å². The average molecular weight is 374 g/mol. The molecule has 0 amide bonds. The van der Waals surface area contributed by atoms with Crippen molar-refractivity contribution in [3.8, 4) is 5.69 Å². The Balaban J connectivity index is 1.45. The van der Waals surface area contributed by atoms with Gasteiger partial charge in [0.2, 0.25) is 0 Å². The lowest BCUT2D eigenvalue weighted by Gasteiger charge is -2.36. The van der Waals surface area contributed by atoms with Crippen LogP contribution in [0.3, 0.4) is 0 Å². The van der Waals surface area contributed by atoms with Crippen molar-refractivity contribution < 1.29 is 9.13 Å². The van der Waals surface area contributed by atoms with E-state index >= 15 is 0 Å². The molecule has 2 atom stereocenters. The van der Waals surface area contributed by atoms with Crippen molar-refractivity contribution in [2.24, 2.45) is 5.41 Å². The van der Waals surface area contributed by atoms with E-state index in [2.05, 4.69) is 49.3 Å². The van der Waals surface area contributed by atoms with Crippen molar-refractivity contribution in [3.05, 3.63) is 88.5 Å². The van der Waals surface area contributed by atoms with Gasteiger partial charge in [-0.2, -0.15) is 5.10 Å². The number of allylic oxidation sites excluding steroid dienone is 1. The topological polar surface area (TPSA) is 27.1 Å². The molecule has 2 aromatic carbocycles. The standard InChI is InChI=1S/C24H23FN2O/c1-16-11-22-18(14-26-27(22)20-9-7-19(25)8-10-20)12-24(16,2)13-23-21-6-4-3-5-17(21)15-28-23/h3-11,14,23H,12-13,15H2,1-2H3/t23?,24-/m1/s1. The fourth-order valence-electron chi connectivity index (χ4n) is 4.48. The van der Waals surface area contributed by atoms with E-state index in [4.69, 9.17) is 4.74 Å². The average Bonchev–Trinajstić information content (AvgIpc) is 3.27. The highest BCUT2D eigenvalue weighted by Gasteiger charge is 2.37. The van der Waals surface area contributed by atoms with Crippen molar-refractivity contribution in [2.75, 3.05) is 0 Å². The van der Waals surface area contributed by atoms with E-state index in [-0.39, 0.29) is 17.3 Å². The summed E-state index contributed by atoms with van der Waals surface area (Å²) in [6.07, 6.45) is 6.19. The summed E-state index contributed by atoms with van der Waals surface area (Å²) >= 11 is 0. The maximum absolute atomic E-state index is 13.3. The first-order chi connectivity index (χ1) is 13.5. The summed E-state index contributed by atoms with van der Waals surface area (Å²) < 4.78 is 21.3. The fraction of sp³-hybridized carbons (Fsp3) is 0.292. The van der Waals surface area contributed by atoms with Gasteiger partial charge in [-0.05, 0) is 72.2 Å². The predicted molar refractivity (Wildman–Crippen MR) is 108 cm³/mol. The van der Waals surface area contributed by atoms with E-state index in [1.807, 2.05) is 10.9 Å². The molecule has 2 aliphatic rings. The number of ether oxygens (including phenoxy) is 1. The van der Waals surface area contributed by atoms with Gasteiger partial charge in [0.25, 0.3) is 0 Å². The lowest BCUT2D eigenvalue weighted by Crippen LogP contribution is -2.27. The highest BCUT2D eigenvalue weighted by atomic mass is 19.1. The molecule has 3 nitrogen and oxygen atoms in total. The third-order valence-electron chi connectivity index (χ3n) is 6.32. The molecule has 0 saturated heterocycles. The Morgan fingerprint density at radius 1 is 1.14 bits per heavy atom.